The molecule has 1 aromatic rings. The van der Waals surface area contributed by atoms with Gasteiger partial charge in [0.1, 0.15) is 0 Å². The second-order valence-corrected chi connectivity index (χ2v) is 12.5. The first-order chi connectivity index (χ1) is 21.6. The number of anilines is 1. The number of hydrogen-bond acceptors (Lipinski definition) is 8. The molecule has 1 amide bonds. The zero-order chi connectivity index (χ0) is 34.6. The van der Waals surface area contributed by atoms with Crippen molar-refractivity contribution in [2.24, 2.45) is 11.1 Å². The molecule has 0 spiro atoms. The lowest BCUT2D eigenvalue weighted by molar-refractivity contribution is -0.123. The molecule has 1 aromatic carbocycles. The third-order valence-electron chi connectivity index (χ3n) is 6.58. The average molecular weight is 686 g/mol. The van der Waals surface area contributed by atoms with Gasteiger partial charge in [0.15, 0.2) is 17.5 Å². The number of amides is 1. The Morgan fingerprint density at radius 2 is 1.56 bits per heavy atom. The van der Waals surface area contributed by atoms with Crippen molar-refractivity contribution in [1.82, 2.24) is 5.32 Å². The van der Waals surface area contributed by atoms with E-state index in [1.54, 1.807) is 0 Å². The third-order valence-corrected chi connectivity index (χ3v) is 8.25. The summed E-state index contributed by atoms with van der Waals surface area (Å²) in [5.74, 6) is -2.53. The van der Waals surface area contributed by atoms with Gasteiger partial charge in [0, 0.05) is 38.0 Å². The molecule has 1 atom stereocenters. The summed E-state index contributed by atoms with van der Waals surface area (Å²) in [5, 5.41) is 26.2. The van der Waals surface area contributed by atoms with Crippen LogP contribution in [0.25, 0.3) is 0 Å². The highest BCUT2D eigenvalue weighted by atomic mass is 32.2. The first kappa shape index (κ1) is 45.5. The molecule has 1 fully saturated rings. The van der Waals surface area contributed by atoms with Crippen LogP contribution in [0.4, 0.5) is 18.9 Å². The molecule has 0 saturated heterocycles. The maximum absolute atomic E-state index is 15.2. The van der Waals surface area contributed by atoms with E-state index in [4.69, 9.17) is 24.9 Å². The Morgan fingerprint density at radius 1 is 1.02 bits per heavy atom. The van der Waals surface area contributed by atoms with Gasteiger partial charge in [-0.3, -0.25) is 14.7 Å². The maximum atomic E-state index is 15.2. The summed E-state index contributed by atoms with van der Waals surface area (Å²) in [5.41, 5.74) is -0.0314. The van der Waals surface area contributed by atoms with E-state index in [1.807, 2.05) is 27.7 Å². The molecular formula is C32H58F3N3O5S2. The van der Waals surface area contributed by atoms with Crippen LogP contribution in [-0.4, -0.2) is 60.2 Å². The predicted octanol–water partition coefficient (Wildman–Crippen LogP) is 8.15. The van der Waals surface area contributed by atoms with Crippen LogP contribution in [0.5, 0.6) is 0 Å². The van der Waals surface area contributed by atoms with Crippen LogP contribution in [0.3, 0.4) is 0 Å². The van der Waals surface area contributed by atoms with Gasteiger partial charge in [-0.25, -0.2) is 13.2 Å². The molecule has 2 rings (SSSR count). The summed E-state index contributed by atoms with van der Waals surface area (Å²) < 4.78 is 50.4. The van der Waals surface area contributed by atoms with Crippen LogP contribution in [0, 0.1) is 23.4 Å². The fourth-order valence-corrected chi connectivity index (χ4v) is 5.46. The maximum Gasteiger partial charge on any atom is 0.290 e. The van der Waals surface area contributed by atoms with Crippen LogP contribution in [0.2, 0.25) is 0 Å². The molecule has 1 unspecified atom stereocenters. The first-order valence-electron chi connectivity index (χ1n) is 16.1. The highest BCUT2D eigenvalue weighted by Gasteiger charge is 2.27. The number of hydrogen-bond donors (Lipinski definition) is 5. The Labute approximate surface area is 277 Å². The Morgan fingerprint density at radius 3 is 2.07 bits per heavy atom. The quantitative estimate of drug-likeness (QED) is 0.0408. The summed E-state index contributed by atoms with van der Waals surface area (Å²) in [6, 6.07) is -0.0101. The van der Waals surface area contributed by atoms with Gasteiger partial charge >= 0.3 is 0 Å². The van der Waals surface area contributed by atoms with E-state index in [0.29, 0.717) is 43.9 Å². The summed E-state index contributed by atoms with van der Waals surface area (Å²) in [4.78, 5) is 19.9. The van der Waals surface area contributed by atoms with E-state index in [0.717, 1.165) is 63.1 Å². The normalized spacial score (nSPS) is 13.9. The summed E-state index contributed by atoms with van der Waals surface area (Å²) in [6.07, 6.45) is 9.92. The summed E-state index contributed by atoms with van der Waals surface area (Å²) >= 11 is 1.36. The van der Waals surface area contributed by atoms with Crippen molar-refractivity contribution < 1.29 is 37.7 Å². The molecule has 6 N–H and O–H groups in total. The van der Waals surface area contributed by atoms with Gasteiger partial charge in [0.25, 0.3) is 6.47 Å². The second kappa shape index (κ2) is 29.7. The summed E-state index contributed by atoms with van der Waals surface area (Å²) in [6.45, 7) is 13.1. The highest BCUT2D eigenvalue weighted by molar-refractivity contribution is 7.99. The van der Waals surface area contributed by atoms with E-state index in [9.17, 15) is 13.6 Å². The van der Waals surface area contributed by atoms with Crippen molar-refractivity contribution in [2.45, 2.75) is 134 Å². The molecule has 13 heteroatoms. The van der Waals surface area contributed by atoms with Crippen LogP contribution in [-0.2, 0) is 14.3 Å². The number of halogens is 3. The van der Waals surface area contributed by atoms with E-state index in [2.05, 4.69) is 24.5 Å². The van der Waals surface area contributed by atoms with Crippen molar-refractivity contribution in [3.8, 4) is 0 Å². The molecule has 1 saturated carbocycles. The molecule has 1 aliphatic rings. The minimum absolute atomic E-state index is 0.00947. The summed E-state index contributed by atoms with van der Waals surface area (Å²) in [7, 11) is 0. The van der Waals surface area contributed by atoms with Crippen LogP contribution in [0.15, 0.2) is 9.79 Å². The molecule has 264 valence electrons. The van der Waals surface area contributed by atoms with Gasteiger partial charge in [0.05, 0.1) is 21.6 Å². The van der Waals surface area contributed by atoms with Gasteiger partial charge in [0.2, 0.25) is 5.91 Å². The third kappa shape index (κ3) is 20.9. The molecule has 8 nitrogen and oxygen atoms in total. The van der Waals surface area contributed by atoms with Crippen LogP contribution in [0.1, 0.15) is 112 Å². The van der Waals surface area contributed by atoms with Gasteiger partial charge in [-0.15, -0.1) is 11.8 Å². The molecule has 45 heavy (non-hydrogen) atoms. The van der Waals surface area contributed by atoms with Crippen LogP contribution < -0.4 is 15.8 Å². The smallest absolute Gasteiger partial charge is 0.290 e. The molecule has 1 aliphatic carbocycles. The number of thioether (sulfide) groups is 1. The molecule has 0 heterocycles. The topological polar surface area (TPSA) is 134 Å². The van der Waals surface area contributed by atoms with E-state index >= 15 is 4.39 Å². The van der Waals surface area contributed by atoms with Crippen molar-refractivity contribution in [2.75, 3.05) is 30.8 Å². The fourth-order valence-electron chi connectivity index (χ4n) is 4.15. The molecular weight excluding hydrogens is 627 g/mol. The monoisotopic (exact) mass is 685 g/mol. The van der Waals surface area contributed by atoms with Crippen molar-refractivity contribution in [3.05, 3.63) is 17.5 Å². The minimum Gasteiger partial charge on any atom is -0.483 e. The number of benzene rings is 1. The van der Waals surface area contributed by atoms with Crippen molar-refractivity contribution in [1.29, 1.82) is 0 Å². The fraction of sp³-hybridized carbons (Fsp3) is 0.750. The zero-order valence-corrected chi connectivity index (χ0v) is 29.7. The number of nitrogens with one attached hydrogen (secondary N) is 2. The van der Waals surface area contributed by atoms with E-state index < -0.39 is 22.3 Å². The Balaban J connectivity index is 0. The lowest BCUT2D eigenvalue weighted by Gasteiger charge is -2.25. The van der Waals surface area contributed by atoms with E-state index in [1.165, 1.54) is 6.42 Å². The first-order valence-corrected chi connectivity index (χ1v) is 18.0. The average Bonchev–Trinajstić information content (AvgIpc) is 3.00. The Hall–Kier alpha value is -1.67. The number of aliphatic hydroxyl groups excluding tert-OH is 1. The molecule has 0 bridgehead atoms. The molecule has 0 aliphatic heterocycles. The Bertz CT molecular complexity index is 908. The van der Waals surface area contributed by atoms with Gasteiger partial charge in [-0.1, -0.05) is 66.7 Å². The van der Waals surface area contributed by atoms with E-state index in [-0.39, 0.29) is 47.4 Å². The number of carbonyl (C=O) groups excluding carboxylic acids is 1. The minimum atomic E-state index is -1.28. The van der Waals surface area contributed by atoms with Crippen molar-refractivity contribution in [3.63, 3.8) is 0 Å². The predicted molar refractivity (Wildman–Crippen MR) is 181 cm³/mol. The lowest BCUT2D eigenvalue weighted by atomic mass is 9.96. The largest absolute Gasteiger partial charge is 0.483 e. The molecule has 0 aromatic heterocycles. The van der Waals surface area contributed by atoms with Gasteiger partial charge in [-0.05, 0) is 56.9 Å². The number of nitrogens with two attached hydrogens (primary N) is 1. The SMILES string of the molecule is CC.CC(C)CCOC(C)CCC(=O)NCCSc1c(F)c(F)c(SN)c(F)c1NC1CCCCCCC1.CCCO.O=CO. The number of aliphatic hydroxyl groups is 1. The lowest BCUT2D eigenvalue weighted by Crippen LogP contribution is -2.27. The van der Waals surface area contributed by atoms with Crippen LogP contribution >= 0.6 is 23.7 Å². The number of carbonyl (C=O) groups is 2. The van der Waals surface area contributed by atoms with Gasteiger partial charge < -0.3 is 25.6 Å². The highest BCUT2D eigenvalue weighted by Crippen LogP contribution is 2.40. The number of ether oxygens (including phenoxy) is 1. The second-order valence-electron chi connectivity index (χ2n) is 10.7. The zero-order valence-electron chi connectivity index (χ0n) is 28.1. The standard InChI is InChI=1S/C26H42F3N3O2S2.C3H8O.C2H6.CH2O2/c1-17(2)13-15-34-18(3)11-12-20(33)31-14-16-35-26-22(28)21(27)25(36-30)23(29)24(26)32-19-9-7-5-4-6-8-10-19;1-2-3-4;1-2;2-1-3/h17-19,32H,4-16,30H2,1-3H3,(H,31,33);4H,2-3H2,1H3;1-2H3;1H,(H,2,3). The Kier molecular flexibility index (Phi) is 30.0. The van der Waals surface area contributed by atoms with Crippen molar-refractivity contribution >= 4 is 41.8 Å². The number of rotatable bonds is 15. The number of carboxylic acid groups (broad SMARTS) is 1. The van der Waals surface area contributed by atoms with Gasteiger partial charge in [-0.2, -0.15) is 0 Å². The molecule has 0 radical (unpaired) electrons.